The Balaban J connectivity index is 1.85. The van der Waals surface area contributed by atoms with Crippen molar-refractivity contribution in [1.82, 2.24) is 5.32 Å². The van der Waals surface area contributed by atoms with Crippen LogP contribution < -0.4 is 10.2 Å². The number of benzene rings is 3. The highest BCUT2D eigenvalue weighted by molar-refractivity contribution is 5.96. The summed E-state index contributed by atoms with van der Waals surface area (Å²) < 4.78 is 0. The number of carbonyl (C=O) groups excluding carboxylic acids is 1. The third-order valence-corrected chi connectivity index (χ3v) is 4.14. The molecule has 0 heterocycles. The van der Waals surface area contributed by atoms with Crippen LogP contribution in [0.2, 0.25) is 0 Å². The molecule has 0 aliphatic carbocycles. The van der Waals surface area contributed by atoms with Gasteiger partial charge in [-0.1, -0.05) is 54.6 Å². The van der Waals surface area contributed by atoms with Gasteiger partial charge in [-0.2, -0.15) is 0 Å². The minimum Gasteiger partial charge on any atom is -0.480 e. The number of nitrogens with one attached hydrogen (secondary N) is 1. The highest BCUT2D eigenvalue weighted by atomic mass is 16.4. The molecule has 0 aliphatic rings. The molecular weight excluding hydrogens is 340 g/mol. The fourth-order valence-electron chi connectivity index (χ4n) is 2.77. The molecule has 0 aliphatic heterocycles. The van der Waals surface area contributed by atoms with Crippen LogP contribution in [0.3, 0.4) is 0 Å². The van der Waals surface area contributed by atoms with Gasteiger partial charge < -0.3 is 15.3 Å². The summed E-state index contributed by atoms with van der Waals surface area (Å²) in [4.78, 5) is 26.1. The van der Waals surface area contributed by atoms with Gasteiger partial charge in [0.15, 0.2) is 0 Å². The summed E-state index contributed by atoms with van der Waals surface area (Å²) >= 11 is 0. The minimum atomic E-state index is -1.09. The molecular formula is C22H20N2O3. The summed E-state index contributed by atoms with van der Waals surface area (Å²) in [6, 6.07) is 26.5. The highest BCUT2D eigenvalue weighted by Crippen LogP contribution is 2.25. The number of hydrogen-bond acceptors (Lipinski definition) is 3. The maximum Gasteiger partial charge on any atom is 0.328 e. The molecule has 0 saturated heterocycles. The van der Waals surface area contributed by atoms with Crippen molar-refractivity contribution >= 4 is 23.3 Å². The van der Waals surface area contributed by atoms with Crippen molar-refractivity contribution < 1.29 is 14.7 Å². The van der Waals surface area contributed by atoms with E-state index in [1.165, 1.54) is 0 Å². The molecule has 0 fully saturated rings. The first-order valence-corrected chi connectivity index (χ1v) is 8.61. The van der Waals surface area contributed by atoms with E-state index in [1.807, 2.05) is 65.6 Å². The smallest absolute Gasteiger partial charge is 0.328 e. The largest absolute Gasteiger partial charge is 0.480 e. The Morgan fingerprint density at radius 1 is 0.778 bits per heavy atom. The second kappa shape index (κ2) is 8.67. The zero-order valence-corrected chi connectivity index (χ0v) is 14.7. The van der Waals surface area contributed by atoms with Crippen LogP contribution in [-0.2, 0) is 4.79 Å². The molecule has 0 bridgehead atoms. The van der Waals surface area contributed by atoms with Gasteiger partial charge in [0.1, 0.15) is 6.04 Å². The lowest BCUT2D eigenvalue weighted by Gasteiger charge is -2.28. The Bertz CT molecular complexity index is 844. The van der Waals surface area contributed by atoms with Gasteiger partial charge in [-0.15, -0.1) is 0 Å². The second-order valence-corrected chi connectivity index (χ2v) is 6.01. The zero-order valence-electron chi connectivity index (χ0n) is 14.7. The number of carboxylic acids is 1. The Hall–Kier alpha value is -3.60. The molecule has 3 rings (SSSR count). The van der Waals surface area contributed by atoms with Crippen molar-refractivity contribution in [3.05, 3.63) is 96.6 Å². The Labute approximate surface area is 157 Å². The molecule has 3 aromatic rings. The van der Waals surface area contributed by atoms with Crippen LogP contribution in [0.4, 0.5) is 11.4 Å². The van der Waals surface area contributed by atoms with Gasteiger partial charge in [0, 0.05) is 16.9 Å². The number of hydrogen-bond donors (Lipinski definition) is 2. The van der Waals surface area contributed by atoms with E-state index < -0.39 is 17.9 Å². The molecule has 0 aromatic heterocycles. The monoisotopic (exact) mass is 360 g/mol. The molecule has 5 heteroatoms. The highest BCUT2D eigenvalue weighted by Gasteiger charge is 2.24. The summed E-state index contributed by atoms with van der Waals surface area (Å²) in [5.41, 5.74) is 2.13. The van der Waals surface area contributed by atoms with Crippen LogP contribution in [0, 0.1) is 0 Å². The molecule has 136 valence electrons. The van der Waals surface area contributed by atoms with Gasteiger partial charge in [-0.3, -0.25) is 4.79 Å². The number of rotatable bonds is 7. The first-order valence-electron chi connectivity index (χ1n) is 8.61. The van der Waals surface area contributed by atoms with Crippen molar-refractivity contribution in [1.29, 1.82) is 0 Å². The predicted molar refractivity (Wildman–Crippen MR) is 105 cm³/mol. The van der Waals surface area contributed by atoms with Crippen LogP contribution in [0.25, 0.3) is 0 Å². The lowest BCUT2D eigenvalue weighted by atomic mass is 10.1. The first kappa shape index (κ1) is 18.2. The molecule has 0 saturated carbocycles. The molecule has 27 heavy (non-hydrogen) atoms. The molecule has 0 spiro atoms. The zero-order chi connectivity index (χ0) is 19.1. The quantitative estimate of drug-likeness (QED) is 0.674. The number of aliphatic carboxylic acids is 1. The molecule has 1 amide bonds. The van der Waals surface area contributed by atoms with Gasteiger partial charge in [-0.25, -0.2) is 4.79 Å². The normalized spacial score (nSPS) is 11.4. The minimum absolute atomic E-state index is 0.0991. The summed E-state index contributed by atoms with van der Waals surface area (Å²) in [5.74, 6) is -1.50. The van der Waals surface area contributed by atoms with Crippen LogP contribution in [0.5, 0.6) is 0 Å². The maximum atomic E-state index is 12.4. The van der Waals surface area contributed by atoms with E-state index in [-0.39, 0.29) is 6.54 Å². The Kier molecular flexibility index (Phi) is 5.84. The molecule has 2 N–H and O–H groups in total. The van der Waals surface area contributed by atoms with Crippen molar-refractivity contribution in [2.45, 2.75) is 6.04 Å². The van der Waals surface area contributed by atoms with Crippen LogP contribution in [0.1, 0.15) is 10.4 Å². The van der Waals surface area contributed by atoms with Gasteiger partial charge in [-0.05, 0) is 36.4 Å². The summed E-state index contributed by atoms with van der Waals surface area (Å²) in [7, 11) is 0. The third kappa shape index (κ3) is 4.73. The average molecular weight is 360 g/mol. The van der Waals surface area contributed by atoms with E-state index >= 15 is 0 Å². The molecule has 5 nitrogen and oxygen atoms in total. The Morgan fingerprint density at radius 3 is 1.67 bits per heavy atom. The Morgan fingerprint density at radius 2 is 1.22 bits per heavy atom. The number of para-hydroxylation sites is 2. The number of carbonyl (C=O) groups is 2. The van der Waals surface area contributed by atoms with Crippen molar-refractivity contribution in [3.63, 3.8) is 0 Å². The number of nitrogens with zero attached hydrogens (tertiary/aromatic N) is 1. The van der Waals surface area contributed by atoms with Crippen molar-refractivity contribution in [3.8, 4) is 0 Å². The van der Waals surface area contributed by atoms with Crippen molar-refractivity contribution in [2.24, 2.45) is 0 Å². The van der Waals surface area contributed by atoms with Gasteiger partial charge in [0.05, 0.1) is 6.54 Å². The van der Waals surface area contributed by atoms with Gasteiger partial charge >= 0.3 is 5.97 Å². The third-order valence-electron chi connectivity index (χ3n) is 4.14. The van der Waals surface area contributed by atoms with Crippen molar-refractivity contribution in [2.75, 3.05) is 11.4 Å². The lowest BCUT2D eigenvalue weighted by Crippen LogP contribution is -2.47. The molecule has 1 unspecified atom stereocenters. The molecule has 0 radical (unpaired) electrons. The topological polar surface area (TPSA) is 69.6 Å². The summed E-state index contributed by atoms with van der Waals surface area (Å²) in [6.07, 6.45) is 0. The maximum absolute atomic E-state index is 12.4. The first-order chi connectivity index (χ1) is 13.1. The summed E-state index contributed by atoms with van der Waals surface area (Å²) in [5, 5.41) is 12.3. The molecule has 3 aromatic carbocycles. The second-order valence-electron chi connectivity index (χ2n) is 6.01. The van der Waals surface area contributed by atoms with E-state index in [0.29, 0.717) is 5.56 Å². The van der Waals surface area contributed by atoms with Gasteiger partial charge in [0.2, 0.25) is 0 Å². The average Bonchev–Trinajstić information content (AvgIpc) is 2.72. The fraction of sp³-hybridized carbons (Fsp3) is 0.0909. The predicted octanol–water partition coefficient (Wildman–Crippen LogP) is 3.71. The molecule has 1 atom stereocenters. The van der Waals surface area contributed by atoms with E-state index in [4.69, 9.17) is 0 Å². The standard InChI is InChI=1S/C22H20N2O3/c25-21(17-10-4-1-5-11-17)23-20(22(26)27)16-24(18-12-6-2-7-13-18)19-14-8-3-9-15-19/h1-15,20H,16H2,(H,23,25)(H,26,27). The fourth-order valence-corrected chi connectivity index (χ4v) is 2.77. The van der Waals surface area contributed by atoms with Crippen LogP contribution in [0.15, 0.2) is 91.0 Å². The lowest BCUT2D eigenvalue weighted by molar-refractivity contribution is -0.138. The van der Waals surface area contributed by atoms with E-state index in [2.05, 4.69) is 5.32 Å². The van der Waals surface area contributed by atoms with E-state index in [9.17, 15) is 14.7 Å². The van der Waals surface area contributed by atoms with Crippen LogP contribution >= 0.6 is 0 Å². The van der Waals surface area contributed by atoms with Gasteiger partial charge in [0.25, 0.3) is 5.91 Å². The van der Waals surface area contributed by atoms with E-state index in [0.717, 1.165) is 11.4 Å². The van der Waals surface area contributed by atoms with Crippen LogP contribution in [-0.4, -0.2) is 29.6 Å². The summed E-state index contributed by atoms with van der Waals surface area (Å²) in [6.45, 7) is 0.0991. The SMILES string of the molecule is O=C(NC(CN(c1ccccc1)c1ccccc1)C(=O)O)c1ccccc1. The number of carboxylic acid groups (broad SMARTS) is 1. The van der Waals surface area contributed by atoms with E-state index in [1.54, 1.807) is 30.3 Å². The number of anilines is 2. The number of amides is 1.